The summed E-state index contributed by atoms with van der Waals surface area (Å²) in [7, 11) is -2.12. The highest BCUT2D eigenvalue weighted by molar-refractivity contribution is 7.89. The van der Waals surface area contributed by atoms with Crippen molar-refractivity contribution in [3.05, 3.63) is 42.5 Å². The number of fused-ring (bicyclic) bond motifs is 2. The first-order chi connectivity index (χ1) is 13.0. The Balaban J connectivity index is 1.59. The lowest BCUT2D eigenvalue weighted by Crippen LogP contribution is -2.46. The molecule has 2 aromatic carbocycles. The molecule has 1 aliphatic rings. The summed E-state index contributed by atoms with van der Waals surface area (Å²) in [5.74, 6) is 0.784. The number of likely N-dealkylation sites (N-methyl/N-ethyl adjacent to an activating group) is 2. The Morgan fingerprint density at radius 2 is 2.04 bits per heavy atom. The molecular weight excluding hydrogens is 384 g/mol. The van der Waals surface area contributed by atoms with Crippen LogP contribution in [0.4, 0.5) is 5.69 Å². The maximum absolute atomic E-state index is 13.1. The number of aromatic nitrogens is 2. The van der Waals surface area contributed by atoms with Crippen LogP contribution in [0, 0.1) is 0 Å². The van der Waals surface area contributed by atoms with Crippen molar-refractivity contribution in [1.82, 2.24) is 13.1 Å². The van der Waals surface area contributed by atoms with Gasteiger partial charge in [0.2, 0.25) is 10.0 Å². The van der Waals surface area contributed by atoms with Crippen molar-refractivity contribution in [2.45, 2.75) is 17.9 Å². The predicted octanol–water partition coefficient (Wildman–Crippen LogP) is 2.60. The molecule has 0 saturated carbocycles. The van der Waals surface area contributed by atoms with Gasteiger partial charge in [-0.05, 0) is 31.2 Å². The molecule has 0 unspecified atom stereocenters. The Kier molecular flexibility index (Phi) is 4.75. The molecule has 7 nitrogen and oxygen atoms in total. The van der Waals surface area contributed by atoms with Crippen molar-refractivity contribution in [3.8, 4) is 5.75 Å². The summed E-state index contributed by atoms with van der Waals surface area (Å²) in [6.45, 7) is 3.80. The Bertz CT molecular complexity index is 1070. The van der Waals surface area contributed by atoms with Crippen LogP contribution in [-0.2, 0) is 10.0 Å². The quantitative estimate of drug-likeness (QED) is 0.651. The molecular formula is C18H20N4O3S2. The van der Waals surface area contributed by atoms with E-state index in [0.29, 0.717) is 17.6 Å². The van der Waals surface area contributed by atoms with E-state index in [4.69, 9.17) is 4.74 Å². The number of sulfonamides is 1. The van der Waals surface area contributed by atoms with Gasteiger partial charge in [-0.1, -0.05) is 18.2 Å². The fourth-order valence-corrected chi connectivity index (χ4v) is 5.27. The fraction of sp³-hybridized carbons (Fsp3) is 0.333. The average molecular weight is 405 g/mol. The minimum atomic E-state index is -3.70. The minimum Gasteiger partial charge on any atom is -0.485 e. The van der Waals surface area contributed by atoms with E-state index < -0.39 is 10.0 Å². The molecule has 0 amide bonds. The largest absolute Gasteiger partial charge is 0.485 e. The molecule has 0 bridgehead atoms. The van der Waals surface area contributed by atoms with Crippen molar-refractivity contribution in [3.63, 3.8) is 0 Å². The molecule has 0 saturated heterocycles. The number of ether oxygens (including phenoxy) is 1. The van der Waals surface area contributed by atoms with Gasteiger partial charge >= 0.3 is 0 Å². The smallest absolute Gasteiger partial charge is 0.245 e. The number of nitrogens with zero attached hydrogens (tertiary/aromatic N) is 4. The van der Waals surface area contributed by atoms with Gasteiger partial charge < -0.3 is 9.64 Å². The number of hydrogen-bond acceptors (Lipinski definition) is 7. The topological polar surface area (TPSA) is 75.6 Å². The normalized spacial score (nSPS) is 17.1. The summed E-state index contributed by atoms with van der Waals surface area (Å²) in [6, 6.07) is 12.9. The molecule has 1 aromatic heterocycles. The number of hydrogen-bond donors (Lipinski definition) is 0. The van der Waals surface area contributed by atoms with Crippen LogP contribution in [0.1, 0.15) is 6.92 Å². The fourth-order valence-electron chi connectivity index (χ4n) is 3.32. The third-order valence-electron chi connectivity index (χ3n) is 4.70. The Morgan fingerprint density at radius 3 is 2.85 bits per heavy atom. The molecule has 9 heteroatoms. The van der Waals surface area contributed by atoms with Crippen molar-refractivity contribution in [2.75, 3.05) is 31.6 Å². The van der Waals surface area contributed by atoms with Crippen LogP contribution in [-0.4, -0.2) is 54.3 Å². The summed E-state index contributed by atoms with van der Waals surface area (Å²) in [5, 5.41) is 0. The van der Waals surface area contributed by atoms with Crippen LogP contribution >= 0.6 is 11.7 Å². The van der Waals surface area contributed by atoms with Crippen molar-refractivity contribution in [1.29, 1.82) is 0 Å². The van der Waals surface area contributed by atoms with Gasteiger partial charge in [0, 0.05) is 13.6 Å². The number of rotatable bonds is 5. The van der Waals surface area contributed by atoms with Gasteiger partial charge in [0.25, 0.3) is 0 Å². The van der Waals surface area contributed by atoms with Crippen LogP contribution in [0.2, 0.25) is 0 Å². The lowest BCUT2D eigenvalue weighted by atomic mass is 10.2. The molecule has 0 aliphatic carbocycles. The van der Waals surface area contributed by atoms with E-state index in [-0.39, 0.29) is 17.5 Å². The first kappa shape index (κ1) is 18.1. The molecule has 4 rings (SSSR count). The van der Waals surface area contributed by atoms with Gasteiger partial charge in [-0.2, -0.15) is 13.1 Å². The van der Waals surface area contributed by atoms with Gasteiger partial charge in [-0.3, -0.25) is 0 Å². The van der Waals surface area contributed by atoms with E-state index in [1.165, 1.54) is 4.31 Å². The van der Waals surface area contributed by atoms with E-state index in [0.717, 1.165) is 29.7 Å². The van der Waals surface area contributed by atoms with Crippen LogP contribution in [0.25, 0.3) is 11.0 Å². The summed E-state index contributed by atoms with van der Waals surface area (Å²) in [6.07, 6.45) is -0.257. The van der Waals surface area contributed by atoms with Crippen molar-refractivity contribution < 1.29 is 13.2 Å². The molecule has 0 spiro atoms. The second-order valence-electron chi connectivity index (χ2n) is 6.42. The zero-order valence-corrected chi connectivity index (χ0v) is 16.7. The molecule has 0 N–H and O–H groups in total. The maximum atomic E-state index is 13.1. The van der Waals surface area contributed by atoms with Crippen LogP contribution < -0.4 is 9.64 Å². The highest BCUT2D eigenvalue weighted by atomic mass is 32.2. The summed E-state index contributed by atoms with van der Waals surface area (Å²) >= 11 is 1.01. The first-order valence-corrected chi connectivity index (χ1v) is 10.9. The molecule has 1 aliphatic heterocycles. The second kappa shape index (κ2) is 7.06. The zero-order valence-electron chi connectivity index (χ0n) is 15.1. The van der Waals surface area contributed by atoms with Gasteiger partial charge in [-0.15, -0.1) is 0 Å². The maximum Gasteiger partial charge on any atom is 0.245 e. The van der Waals surface area contributed by atoms with Gasteiger partial charge in [0.15, 0.2) is 0 Å². The van der Waals surface area contributed by atoms with E-state index in [9.17, 15) is 8.42 Å². The molecule has 1 atom stereocenters. The molecule has 27 heavy (non-hydrogen) atoms. The second-order valence-corrected chi connectivity index (χ2v) is 8.96. The Labute approximate surface area is 162 Å². The molecule has 0 radical (unpaired) electrons. The number of benzene rings is 2. The Morgan fingerprint density at radius 1 is 1.22 bits per heavy atom. The lowest BCUT2D eigenvalue weighted by Gasteiger charge is -2.36. The average Bonchev–Trinajstić information content (AvgIpc) is 3.15. The highest BCUT2D eigenvalue weighted by Crippen LogP contribution is 2.33. The van der Waals surface area contributed by atoms with Crippen LogP contribution in [0.5, 0.6) is 5.75 Å². The van der Waals surface area contributed by atoms with E-state index in [2.05, 4.69) is 20.6 Å². The third kappa shape index (κ3) is 3.26. The summed E-state index contributed by atoms with van der Waals surface area (Å²) in [4.78, 5) is 2.38. The SMILES string of the molecule is CCN1C[C@H](CN(C)S(=O)(=O)c2cccc3nsnc23)Oc2ccccc21. The van der Waals surface area contributed by atoms with Crippen LogP contribution in [0.3, 0.4) is 0 Å². The van der Waals surface area contributed by atoms with Crippen LogP contribution in [0.15, 0.2) is 47.4 Å². The van der Waals surface area contributed by atoms with Gasteiger partial charge in [0.05, 0.1) is 30.5 Å². The van der Waals surface area contributed by atoms with Gasteiger partial charge in [0.1, 0.15) is 27.8 Å². The standard InChI is InChI=1S/C18H20N4O3S2/c1-3-22-12-13(25-16-9-5-4-8-15(16)22)11-21(2)27(23,24)17-10-6-7-14-18(17)20-26-19-14/h4-10,13H,3,11-12H2,1-2H3/t13-/m0/s1. The van der Waals surface area contributed by atoms with Crippen molar-refractivity contribution in [2.24, 2.45) is 0 Å². The number of para-hydroxylation sites is 2. The molecule has 0 fully saturated rings. The summed E-state index contributed by atoms with van der Waals surface area (Å²) < 4.78 is 41.9. The number of anilines is 1. The van der Waals surface area contributed by atoms with Crippen molar-refractivity contribution >= 4 is 38.5 Å². The minimum absolute atomic E-state index is 0.180. The first-order valence-electron chi connectivity index (χ1n) is 8.69. The lowest BCUT2D eigenvalue weighted by molar-refractivity contribution is 0.171. The predicted molar refractivity (Wildman–Crippen MR) is 106 cm³/mol. The summed E-state index contributed by atoms with van der Waals surface area (Å²) in [5.41, 5.74) is 2.05. The van der Waals surface area contributed by atoms with Gasteiger partial charge in [-0.25, -0.2) is 8.42 Å². The molecule has 3 aromatic rings. The highest BCUT2D eigenvalue weighted by Gasteiger charge is 2.31. The zero-order chi connectivity index (χ0) is 19.0. The van der Waals surface area contributed by atoms with E-state index in [1.54, 1.807) is 25.2 Å². The molecule has 142 valence electrons. The van der Waals surface area contributed by atoms with E-state index >= 15 is 0 Å². The monoisotopic (exact) mass is 404 g/mol. The Hall–Kier alpha value is -2.23. The third-order valence-corrected chi connectivity index (χ3v) is 7.10. The molecule has 2 heterocycles. The van der Waals surface area contributed by atoms with E-state index in [1.807, 2.05) is 24.3 Å².